The van der Waals surface area contributed by atoms with E-state index in [1.165, 1.54) is 11.8 Å². The summed E-state index contributed by atoms with van der Waals surface area (Å²) >= 11 is 1.35. The molecule has 8 nitrogen and oxygen atoms in total. The van der Waals surface area contributed by atoms with Gasteiger partial charge in [0.15, 0.2) is 22.5 Å². The number of thioether (sulfide) groups is 1. The molecule has 0 fully saturated rings. The molecule has 1 N–H and O–H groups in total. The van der Waals surface area contributed by atoms with Gasteiger partial charge in [0.1, 0.15) is 5.75 Å². The maximum absolute atomic E-state index is 12.4. The number of carbonyl (C=O) groups is 1. The van der Waals surface area contributed by atoms with Gasteiger partial charge in [-0.3, -0.25) is 9.36 Å². The molecule has 0 unspecified atom stereocenters. The van der Waals surface area contributed by atoms with Crippen LogP contribution in [0.3, 0.4) is 0 Å². The highest BCUT2D eigenvalue weighted by Gasteiger charge is 2.19. The molecule has 0 bridgehead atoms. The van der Waals surface area contributed by atoms with Crippen molar-refractivity contribution in [2.24, 2.45) is 0 Å². The lowest BCUT2D eigenvalue weighted by molar-refractivity contribution is -0.113. The number of nitrogens with one attached hydrogen (secondary N) is 1. The molecule has 1 aliphatic rings. The molecule has 1 aliphatic heterocycles. The SMILES string of the molecule is COc1ccc(-c2nnc(SCC(=O)Nc3ccc4c(c3)OCO4)n2C(C)C)cc1. The van der Waals surface area contributed by atoms with Gasteiger partial charge < -0.3 is 19.5 Å². The third-order valence-corrected chi connectivity index (χ3v) is 5.46. The van der Waals surface area contributed by atoms with Crippen molar-refractivity contribution in [1.82, 2.24) is 14.8 Å². The van der Waals surface area contributed by atoms with Gasteiger partial charge in [-0.2, -0.15) is 0 Å². The summed E-state index contributed by atoms with van der Waals surface area (Å²) in [6, 6.07) is 13.1. The van der Waals surface area contributed by atoms with E-state index >= 15 is 0 Å². The average molecular weight is 426 g/mol. The van der Waals surface area contributed by atoms with Gasteiger partial charge in [-0.05, 0) is 50.2 Å². The lowest BCUT2D eigenvalue weighted by Crippen LogP contribution is -2.15. The fourth-order valence-corrected chi connectivity index (χ4v) is 3.95. The molecular weight excluding hydrogens is 404 g/mol. The molecule has 0 saturated carbocycles. The molecule has 0 radical (unpaired) electrons. The Bertz CT molecular complexity index is 1050. The topological polar surface area (TPSA) is 87.5 Å². The minimum absolute atomic E-state index is 0.136. The number of nitrogens with zero attached hydrogens (tertiary/aromatic N) is 3. The van der Waals surface area contributed by atoms with E-state index in [-0.39, 0.29) is 24.5 Å². The monoisotopic (exact) mass is 426 g/mol. The van der Waals surface area contributed by atoms with Gasteiger partial charge in [0, 0.05) is 23.4 Å². The summed E-state index contributed by atoms with van der Waals surface area (Å²) in [4.78, 5) is 12.4. The van der Waals surface area contributed by atoms with Gasteiger partial charge >= 0.3 is 0 Å². The number of hydrogen-bond donors (Lipinski definition) is 1. The molecule has 0 aliphatic carbocycles. The summed E-state index contributed by atoms with van der Waals surface area (Å²) in [7, 11) is 1.63. The van der Waals surface area contributed by atoms with Crippen molar-refractivity contribution in [2.75, 3.05) is 25.0 Å². The summed E-state index contributed by atoms with van der Waals surface area (Å²) in [5, 5.41) is 12.2. The van der Waals surface area contributed by atoms with Crippen LogP contribution in [0.25, 0.3) is 11.4 Å². The molecule has 9 heteroatoms. The summed E-state index contributed by atoms with van der Waals surface area (Å²) in [5.74, 6) is 2.92. The van der Waals surface area contributed by atoms with Gasteiger partial charge in [-0.25, -0.2) is 0 Å². The number of amides is 1. The number of methoxy groups -OCH3 is 1. The van der Waals surface area contributed by atoms with Crippen molar-refractivity contribution in [3.63, 3.8) is 0 Å². The lowest BCUT2D eigenvalue weighted by Gasteiger charge is -2.14. The third-order valence-electron chi connectivity index (χ3n) is 4.52. The van der Waals surface area contributed by atoms with Crippen molar-refractivity contribution >= 4 is 23.4 Å². The molecule has 30 heavy (non-hydrogen) atoms. The summed E-state index contributed by atoms with van der Waals surface area (Å²) < 4.78 is 17.9. The standard InChI is InChI=1S/C21H22N4O4S/c1-13(2)25-20(14-4-7-16(27-3)8-5-14)23-24-21(25)30-11-19(26)22-15-6-9-17-18(10-15)29-12-28-17/h4-10,13H,11-12H2,1-3H3,(H,22,26). The first kappa shape index (κ1) is 20.1. The first-order chi connectivity index (χ1) is 14.5. The second-order valence-electron chi connectivity index (χ2n) is 6.90. The second kappa shape index (κ2) is 8.66. The van der Waals surface area contributed by atoms with E-state index in [4.69, 9.17) is 14.2 Å². The molecule has 4 rings (SSSR count). The normalized spacial score (nSPS) is 12.3. The maximum atomic E-state index is 12.4. The van der Waals surface area contributed by atoms with E-state index in [2.05, 4.69) is 29.4 Å². The van der Waals surface area contributed by atoms with E-state index in [0.29, 0.717) is 22.3 Å². The highest BCUT2D eigenvalue weighted by molar-refractivity contribution is 7.99. The van der Waals surface area contributed by atoms with Crippen LogP contribution in [0.15, 0.2) is 47.6 Å². The zero-order valence-corrected chi connectivity index (χ0v) is 17.7. The van der Waals surface area contributed by atoms with Crippen molar-refractivity contribution in [3.8, 4) is 28.6 Å². The summed E-state index contributed by atoms with van der Waals surface area (Å²) in [6.07, 6.45) is 0. The number of anilines is 1. The molecule has 3 aromatic rings. The van der Waals surface area contributed by atoms with Crippen molar-refractivity contribution < 1.29 is 19.0 Å². The zero-order chi connectivity index (χ0) is 21.1. The molecule has 1 aromatic heterocycles. The molecular formula is C21H22N4O4S. The van der Waals surface area contributed by atoms with Crippen molar-refractivity contribution in [1.29, 1.82) is 0 Å². The lowest BCUT2D eigenvalue weighted by atomic mass is 10.2. The molecule has 1 amide bonds. The van der Waals surface area contributed by atoms with Crippen LogP contribution in [-0.4, -0.2) is 40.3 Å². The quantitative estimate of drug-likeness (QED) is 0.572. The molecule has 0 saturated heterocycles. The Hall–Kier alpha value is -3.20. The highest BCUT2D eigenvalue weighted by atomic mass is 32.2. The van der Waals surface area contributed by atoms with Gasteiger partial charge in [0.05, 0.1) is 12.9 Å². The predicted molar refractivity (Wildman–Crippen MR) is 114 cm³/mol. The molecule has 2 heterocycles. The van der Waals surface area contributed by atoms with Crippen LogP contribution < -0.4 is 19.5 Å². The minimum Gasteiger partial charge on any atom is -0.497 e. The number of fused-ring (bicyclic) bond motifs is 1. The molecule has 156 valence electrons. The second-order valence-corrected chi connectivity index (χ2v) is 7.85. The fraction of sp³-hybridized carbons (Fsp3) is 0.286. The Morgan fingerprint density at radius 2 is 1.93 bits per heavy atom. The Kier molecular flexibility index (Phi) is 5.80. The van der Waals surface area contributed by atoms with E-state index < -0.39 is 0 Å². The van der Waals surface area contributed by atoms with E-state index in [9.17, 15) is 4.79 Å². The van der Waals surface area contributed by atoms with Crippen LogP contribution in [-0.2, 0) is 4.79 Å². The summed E-state index contributed by atoms with van der Waals surface area (Å²) in [5.41, 5.74) is 1.60. The van der Waals surface area contributed by atoms with E-state index in [0.717, 1.165) is 17.1 Å². The molecule has 0 atom stereocenters. The molecule has 2 aromatic carbocycles. The first-order valence-electron chi connectivity index (χ1n) is 9.47. The zero-order valence-electron chi connectivity index (χ0n) is 16.9. The van der Waals surface area contributed by atoms with Crippen LogP contribution in [0.5, 0.6) is 17.2 Å². The van der Waals surface area contributed by atoms with Gasteiger partial charge in [0.2, 0.25) is 12.7 Å². The number of aromatic nitrogens is 3. The predicted octanol–water partition coefficient (Wildman–Crippen LogP) is 3.99. The van der Waals surface area contributed by atoms with Crippen molar-refractivity contribution in [3.05, 3.63) is 42.5 Å². The van der Waals surface area contributed by atoms with Crippen LogP contribution in [0.2, 0.25) is 0 Å². The Balaban J connectivity index is 1.45. The average Bonchev–Trinajstić information content (AvgIpc) is 3.39. The van der Waals surface area contributed by atoms with E-state index in [1.807, 2.05) is 28.8 Å². The number of carbonyl (C=O) groups excluding carboxylic acids is 1. The number of hydrogen-bond acceptors (Lipinski definition) is 7. The number of ether oxygens (including phenoxy) is 3. The van der Waals surface area contributed by atoms with Gasteiger partial charge in [0.25, 0.3) is 0 Å². The number of benzene rings is 2. The Morgan fingerprint density at radius 1 is 1.17 bits per heavy atom. The minimum atomic E-state index is -0.136. The fourth-order valence-electron chi connectivity index (χ4n) is 3.08. The van der Waals surface area contributed by atoms with Gasteiger partial charge in [-0.15, -0.1) is 10.2 Å². The van der Waals surface area contributed by atoms with Gasteiger partial charge in [-0.1, -0.05) is 11.8 Å². The van der Waals surface area contributed by atoms with Crippen molar-refractivity contribution in [2.45, 2.75) is 25.0 Å². The first-order valence-corrected chi connectivity index (χ1v) is 10.5. The Labute approximate surface area is 178 Å². The Morgan fingerprint density at radius 3 is 2.67 bits per heavy atom. The van der Waals surface area contributed by atoms with E-state index in [1.54, 1.807) is 25.3 Å². The summed E-state index contributed by atoms with van der Waals surface area (Å²) in [6.45, 7) is 4.32. The highest BCUT2D eigenvalue weighted by Crippen LogP contribution is 2.34. The van der Waals surface area contributed by atoms with Crippen LogP contribution in [0.1, 0.15) is 19.9 Å². The smallest absolute Gasteiger partial charge is 0.234 e. The van der Waals surface area contributed by atoms with Crippen LogP contribution in [0, 0.1) is 0 Å². The largest absolute Gasteiger partial charge is 0.497 e. The van der Waals surface area contributed by atoms with Crippen LogP contribution in [0.4, 0.5) is 5.69 Å². The third kappa shape index (κ3) is 4.20. The number of rotatable bonds is 7. The molecule has 0 spiro atoms. The van der Waals surface area contributed by atoms with Crippen LogP contribution >= 0.6 is 11.8 Å². The maximum Gasteiger partial charge on any atom is 0.234 e.